The Morgan fingerprint density at radius 1 is 1.09 bits per heavy atom. The molecule has 0 radical (unpaired) electrons. The van der Waals surface area contributed by atoms with E-state index in [2.05, 4.69) is 31.2 Å². The number of aryl methyl sites for hydroxylation is 2. The average molecular weight is 594 g/mol. The predicted octanol–water partition coefficient (Wildman–Crippen LogP) is 4.97. The number of hydrogen-bond donors (Lipinski definition) is 2. The highest BCUT2D eigenvalue weighted by molar-refractivity contribution is 5.94. The molecule has 3 N–H and O–H groups in total. The number of alkyl halides is 2. The third kappa shape index (κ3) is 4.97. The van der Waals surface area contributed by atoms with Gasteiger partial charge in [-0.05, 0) is 79.4 Å². The Hall–Kier alpha value is -5.72. The Labute approximate surface area is 249 Å². The molecule has 0 saturated carbocycles. The van der Waals surface area contributed by atoms with Crippen molar-refractivity contribution in [3.63, 3.8) is 0 Å². The number of halogens is 2. The normalized spacial score (nSPS) is 14.2. The molecule has 44 heavy (non-hydrogen) atoms. The summed E-state index contributed by atoms with van der Waals surface area (Å²) in [6.07, 6.45) is 6.19. The van der Waals surface area contributed by atoms with Crippen LogP contribution in [0.1, 0.15) is 39.6 Å². The number of nitrogens with two attached hydrogens (primary N) is 1. The number of benzene rings is 1. The highest BCUT2D eigenvalue weighted by Gasteiger charge is 2.26. The summed E-state index contributed by atoms with van der Waals surface area (Å²) in [5.41, 5.74) is 12.2. The lowest BCUT2D eigenvalue weighted by atomic mass is 10.1. The van der Waals surface area contributed by atoms with Gasteiger partial charge in [0.15, 0.2) is 17.3 Å². The van der Waals surface area contributed by atoms with Crippen molar-refractivity contribution in [1.29, 1.82) is 0 Å². The maximum Gasteiger partial charge on any atom is 0.388 e. The third-order valence-electron chi connectivity index (χ3n) is 7.52. The first kappa shape index (κ1) is 27.1. The molecular weight excluding hydrogens is 568 g/mol. The van der Waals surface area contributed by atoms with Gasteiger partial charge in [0.05, 0.1) is 17.2 Å². The number of amides is 1. The van der Waals surface area contributed by atoms with Crippen molar-refractivity contribution >= 4 is 22.9 Å². The molecule has 1 aliphatic carbocycles. The van der Waals surface area contributed by atoms with Gasteiger partial charge in [0.25, 0.3) is 5.91 Å². The first-order chi connectivity index (χ1) is 21.3. The van der Waals surface area contributed by atoms with Gasteiger partial charge >= 0.3 is 6.61 Å². The largest absolute Gasteiger partial charge is 0.415 e. The number of nitrogen functional groups attached to an aromatic ring is 1. The van der Waals surface area contributed by atoms with Crippen LogP contribution in [0.3, 0.4) is 0 Å². The minimum Gasteiger partial charge on any atom is -0.415 e. The van der Waals surface area contributed by atoms with Gasteiger partial charge in [0, 0.05) is 36.0 Å². The third-order valence-corrected chi connectivity index (χ3v) is 7.52. The Morgan fingerprint density at radius 3 is 2.77 bits per heavy atom. The summed E-state index contributed by atoms with van der Waals surface area (Å²) in [5, 5.41) is 7.20. The van der Waals surface area contributed by atoms with Crippen molar-refractivity contribution in [3.8, 4) is 28.8 Å². The topological polar surface area (TPSA) is 139 Å². The summed E-state index contributed by atoms with van der Waals surface area (Å²) in [7, 11) is 0. The van der Waals surface area contributed by atoms with Crippen molar-refractivity contribution in [2.75, 3.05) is 5.73 Å². The molecule has 0 bridgehead atoms. The van der Waals surface area contributed by atoms with E-state index >= 15 is 0 Å². The van der Waals surface area contributed by atoms with Crippen LogP contribution in [0.25, 0.3) is 34.1 Å². The van der Waals surface area contributed by atoms with Gasteiger partial charge in [0.2, 0.25) is 5.88 Å². The second-order valence-corrected chi connectivity index (χ2v) is 10.3. The monoisotopic (exact) mass is 593 g/mol. The van der Waals surface area contributed by atoms with E-state index < -0.39 is 6.61 Å². The first-order valence-corrected chi connectivity index (χ1v) is 13.8. The van der Waals surface area contributed by atoms with E-state index in [0.29, 0.717) is 39.8 Å². The van der Waals surface area contributed by atoms with Crippen LogP contribution in [0, 0.1) is 6.92 Å². The van der Waals surface area contributed by atoms with Crippen molar-refractivity contribution in [3.05, 3.63) is 102 Å². The van der Waals surface area contributed by atoms with Crippen LogP contribution in [0.2, 0.25) is 0 Å². The number of nitrogens with zero attached hydrogens (tertiary/aromatic N) is 7. The van der Waals surface area contributed by atoms with Gasteiger partial charge in [-0.2, -0.15) is 8.78 Å². The predicted molar refractivity (Wildman–Crippen MR) is 158 cm³/mol. The molecule has 13 heteroatoms. The Morgan fingerprint density at radius 2 is 1.98 bits per heavy atom. The van der Waals surface area contributed by atoms with Crippen molar-refractivity contribution in [2.45, 2.75) is 32.4 Å². The quantitative estimate of drug-likeness (QED) is 0.265. The summed E-state index contributed by atoms with van der Waals surface area (Å²) in [6, 6.07) is 17.9. The SMILES string of the molecule is Cc1ccc(C(=O)N[C@H]2CCc3cc(-n4c(-c5cccnc5N)nc5ccc(-n6ccc(OC(F)F)n6)nc54)ccc32)cn1. The lowest BCUT2D eigenvalue weighted by Gasteiger charge is -2.16. The molecule has 5 aromatic heterocycles. The number of carbonyl (C=O) groups is 1. The molecule has 11 nitrogen and oxygen atoms in total. The van der Waals surface area contributed by atoms with Crippen molar-refractivity contribution in [2.24, 2.45) is 0 Å². The second-order valence-electron chi connectivity index (χ2n) is 10.3. The Bertz CT molecular complexity index is 2020. The van der Waals surface area contributed by atoms with E-state index in [9.17, 15) is 13.6 Å². The summed E-state index contributed by atoms with van der Waals surface area (Å²) in [6.45, 7) is -1.12. The van der Waals surface area contributed by atoms with Crippen molar-refractivity contribution in [1.82, 2.24) is 39.6 Å². The van der Waals surface area contributed by atoms with E-state index in [4.69, 9.17) is 15.7 Å². The molecule has 220 valence electrons. The molecule has 0 aliphatic heterocycles. The Kier molecular flexibility index (Phi) is 6.68. The van der Waals surface area contributed by atoms with Crippen LogP contribution < -0.4 is 15.8 Å². The number of pyridine rings is 3. The zero-order valence-electron chi connectivity index (χ0n) is 23.4. The fourth-order valence-electron chi connectivity index (χ4n) is 5.43. The molecule has 0 saturated heterocycles. The molecule has 1 aliphatic rings. The Balaban J connectivity index is 1.29. The number of imidazole rings is 1. The van der Waals surface area contributed by atoms with E-state index in [0.717, 1.165) is 35.3 Å². The van der Waals surface area contributed by atoms with Gasteiger partial charge in [-0.1, -0.05) is 6.07 Å². The number of aromatic nitrogens is 7. The summed E-state index contributed by atoms with van der Waals surface area (Å²) in [5.74, 6) is 0.819. The highest BCUT2D eigenvalue weighted by atomic mass is 19.3. The molecule has 1 aromatic carbocycles. The van der Waals surface area contributed by atoms with Crippen LogP contribution in [0.5, 0.6) is 5.88 Å². The van der Waals surface area contributed by atoms with Gasteiger partial charge in [-0.3, -0.25) is 14.3 Å². The summed E-state index contributed by atoms with van der Waals surface area (Å²) >= 11 is 0. The lowest BCUT2D eigenvalue weighted by Crippen LogP contribution is -2.27. The van der Waals surface area contributed by atoms with Crippen LogP contribution in [-0.2, 0) is 6.42 Å². The zero-order chi connectivity index (χ0) is 30.4. The molecule has 0 spiro atoms. The number of rotatable bonds is 7. The maximum atomic E-state index is 12.9. The lowest BCUT2D eigenvalue weighted by molar-refractivity contribution is -0.0530. The fraction of sp³-hybridized carbons (Fsp3) is 0.161. The average Bonchev–Trinajstić information content (AvgIpc) is 3.74. The molecular formula is C31H25F2N9O2. The highest BCUT2D eigenvalue weighted by Crippen LogP contribution is 2.36. The molecule has 7 rings (SSSR count). The van der Waals surface area contributed by atoms with Crippen LogP contribution in [0.4, 0.5) is 14.6 Å². The molecule has 5 heterocycles. The van der Waals surface area contributed by atoms with Crippen LogP contribution in [-0.4, -0.2) is 46.8 Å². The van der Waals surface area contributed by atoms with E-state index in [1.807, 2.05) is 35.8 Å². The van der Waals surface area contributed by atoms with Gasteiger partial charge in [-0.15, -0.1) is 5.10 Å². The van der Waals surface area contributed by atoms with E-state index in [-0.39, 0.29) is 17.8 Å². The minimum absolute atomic E-state index is 0.144. The van der Waals surface area contributed by atoms with Crippen LogP contribution >= 0.6 is 0 Å². The molecule has 0 fully saturated rings. The van der Waals surface area contributed by atoms with Gasteiger partial charge in [-0.25, -0.2) is 19.6 Å². The summed E-state index contributed by atoms with van der Waals surface area (Å²) < 4.78 is 33.1. The number of nitrogens with one attached hydrogen (secondary N) is 1. The fourth-order valence-corrected chi connectivity index (χ4v) is 5.43. The summed E-state index contributed by atoms with van der Waals surface area (Å²) in [4.78, 5) is 31.1. The number of anilines is 1. The maximum absolute atomic E-state index is 12.9. The first-order valence-electron chi connectivity index (χ1n) is 13.8. The minimum atomic E-state index is -2.99. The number of fused-ring (bicyclic) bond motifs is 2. The van der Waals surface area contributed by atoms with E-state index in [1.54, 1.807) is 36.7 Å². The molecule has 1 atom stereocenters. The number of hydrogen-bond acceptors (Lipinski definition) is 8. The van der Waals surface area contributed by atoms with Crippen LogP contribution in [0.15, 0.2) is 79.3 Å². The van der Waals surface area contributed by atoms with Gasteiger partial charge in [0.1, 0.15) is 11.3 Å². The molecule has 6 aromatic rings. The zero-order valence-corrected chi connectivity index (χ0v) is 23.4. The standard InChI is InChI=1S/C31H25F2N9O2/c1-17-4-5-19(16-36-17)30(43)38-23-9-6-18-15-20(7-8-21(18)23)42-28(22-3-2-13-35-27(22)34)37-24-10-11-25(39-29(24)42)41-14-12-26(40-41)44-31(32)33/h2-5,7-8,10-16,23,31H,6,9H2,1H3,(H2,34,35)(H,38,43)/t23-/m0/s1. The molecule has 0 unspecified atom stereocenters. The number of carbonyl (C=O) groups excluding carboxylic acids is 1. The van der Waals surface area contributed by atoms with E-state index in [1.165, 1.54) is 16.9 Å². The smallest absolute Gasteiger partial charge is 0.388 e. The number of ether oxygens (including phenoxy) is 1. The van der Waals surface area contributed by atoms with Crippen molar-refractivity contribution < 1.29 is 18.3 Å². The van der Waals surface area contributed by atoms with Gasteiger partial charge < -0.3 is 15.8 Å². The second kappa shape index (κ2) is 10.8. The molecule has 1 amide bonds.